The lowest BCUT2D eigenvalue weighted by molar-refractivity contribution is -0.134. The van der Waals surface area contributed by atoms with Crippen molar-refractivity contribution in [1.82, 2.24) is 4.90 Å². The zero-order valence-corrected chi connectivity index (χ0v) is 21.2. The van der Waals surface area contributed by atoms with Crippen LogP contribution in [-0.4, -0.2) is 79.1 Å². The number of rotatable bonds is 6. The summed E-state index contributed by atoms with van der Waals surface area (Å²) < 4.78 is 11.2. The number of hydrogen-bond donors (Lipinski definition) is 3. The van der Waals surface area contributed by atoms with Gasteiger partial charge in [0.2, 0.25) is 5.91 Å². The van der Waals surface area contributed by atoms with Crippen LogP contribution in [0.1, 0.15) is 36.0 Å². The van der Waals surface area contributed by atoms with E-state index in [0.29, 0.717) is 23.8 Å². The number of amides is 1. The molecule has 4 rings (SSSR count). The number of likely N-dealkylation sites (tertiary alicyclic amines) is 1. The number of hydrogen-bond acceptors (Lipinski definition) is 7. The number of piperidine rings is 1. The molecule has 0 aliphatic carbocycles. The molecule has 2 aliphatic heterocycles. The molecule has 196 valence electrons. The normalized spacial score (nSPS) is 18.4. The minimum atomic E-state index is -1.26. The van der Waals surface area contributed by atoms with Gasteiger partial charge in [-0.3, -0.25) is 9.79 Å². The van der Waals surface area contributed by atoms with E-state index in [9.17, 15) is 14.4 Å². The predicted octanol–water partition coefficient (Wildman–Crippen LogP) is 3.01. The van der Waals surface area contributed by atoms with Crippen molar-refractivity contribution >= 4 is 29.2 Å². The van der Waals surface area contributed by atoms with Gasteiger partial charge in [-0.05, 0) is 49.8 Å². The molecule has 10 nitrogen and oxygen atoms in total. The smallest absolute Gasteiger partial charge is 0.328 e. The van der Waals surface area contributed by atoms with Crippen molar-refractivity contribution in [2.24, 2.45) is 4.99 Å². The zero-order valence-electron chi connectivity index (χ0n) is 21.2. The summed E-state index contributed by atoms with van der Waals surface area (Å²) in [6.07, 6.45) is 2.15. The molecule has 2 atom stereocenters. The van der Waals surface area contributed by atoms with Crippen molar-refractivity contribution in [3.05, 3.63) is 65.2 Å². The lowest BCUT2D eigenvalue weighted by Gasteiger charge is -2.39. The minimum absolute atomic E-state index is 0.0795. The number of ether oxygens (including phenoxy) is 2. The Labute approximate surface area is 215 Å². The first-order valence-electron chi connectivity index (χ1n) is 11.7. The molecule has 2 heterocycles. The van der Waals surface area contributed by atoms with E-state index >= 15 is 0 Å². The molecule has 3 N–H and O–H groups in total. The van der Waals surface area contributed by atoms with Crippen molar-refractivity contribution in [1.29, 1.82) is 0 Å². The molecule has 1 fully saturated rings. The zero-order chi connectivity index (χ0) is 27.1. The molecular formula is C27H31N3O7. The molecule has 2 aliphatic rings. The Kier molecular flexibility index (Phi) is 9.02. The Morgan fingerprint density at radius 1 is 1.03 bits per heavy atom. The number of anilines is 1. The highest BCUT2D eigenvalue weighted by molar-refractivity contribution is 6.15. The number of carboxylic acid groups (broad SMARTS) is 2. The van der Waals surface area contributed by atoms with Gasteiger partial charge in [-0.15, -0.1) is 0 Å². The predicted molar refractivity (Wildman–Crippen MR) is 139 cm³/mol. The first-order valence-corrected chi connectivity index (χ1v) is 11.7. The second kappa shape index (κ2) is 12.2. The van der Waals surface area contributed by atoms with Crippen molar-refractivity contribution in [2.75, 3.05) is 39.7 Å². The second-order valence-corrected chi connectivity index (χ2v) is 8.77. The van der Waals surface area contributed by atoms with Crippen LogP contribution < -0.4 is 14.8 Å². The highest BCUT2D eigenvalue weighted by Gasteiger charge is 2.36. The summed E-state index contributed by atoms with van der Waals surface area (Å²) >= 11 is 0. The number of likely N-dealkylation sites (N-methyl/N-ethyl adjacent to an activating group) is 1. The Balaban J connectivity index is 0.000000414. The molecule has 0 radical (unpaired) electrons. The van der Waals surface area contributed by atoms with Crippen molar-refractivity contribution < 1.29 is 34.1 Å². The van der Waals surface area contributed by atoms with Gasteiger partial charge in [-0.2, -0.15) is 0 Å². The monoisotopic (exact) mass is 509 g/mol. The largest absolute Gasteiger partial charge is 0.493 e. The van der Waals surface area contributed by atoms with Crippen LogP contribution >= 0.6 is 0 Å². The summed E-state index contributed by atoms with van der Waals surface area (Å²) in [4.78, 5) is 38.0. The number of aliphatic imine (C=N–C) groups is 1. The topological polar surface area (TPSA) is 138 Å². The summed E-state index contributed by atoms with van der Waals surface area (Å²) in [7, 11) is 5.49. The summed E-state index contributed by atoms with van der Waals surface area (Å²) in [6, 6.07) is 12.3. The number of carbonyl (C=O) groups excluding carboxylic acids is 1. The van der Waals surface area contributed by atoms with Crippen LogP contribution in [0.3, 0.4) is 0 Å². The van der Waals surface area contributed by atoms with E-state index in [2.05, 4.69) is 23.3 Å². The number of aliphatic carboxylic acids is 2. The fourth-order valence-electron chi connectivity index (χ4n) is 4.49. The fraction of sp³-hybridized carbons (Fsp3) is 0.333. The second-order valence-electron chi connectivity index (χ2n) is 8.77. The van der Waals surface area contributed by atoms with Gasteiger partial charge in [-0.25, -0.2) is 9.59 Å². The summed E-state index contributed by atoms with van der Waals surface area (Å²) in [5, 5.41) is 18.4. The van der Waals surface area contributed by atoms with Crippen molar-refractivity contribution in [3.8, 4) is 11.5 Å². The van der Waals surface area contributed by atoms with Crippen LogP contribution in [0.5, 0.6) is 11.5 Å². The number of methoxy groups -OCH3 is 2. The Morgan fingerprint density at radius 2 is 1.62 bits per heavy atom. The molecule has 1 amide bonds. The maximum absolute atomic E-state index is 11.3. The minimum Gasteiger partial charge on any atom is -0.493 e. The van der Waals surface area contributed by atoms with Crippen LogP contribution in [0.4, 0.5) is 5.69 Å². The molecule has 1 saturated heterocycles. The number of nitrogens with one attached hydrogen (secondary N) is 1. The van der Waals surface area contributed by atoms with Gasteiger partial charge >= 0.3 is 11.9 Å². The van der Waals surface area contributed by atoms with E-state index in [-0.39, 0.29) is 11.9 Å². The summed E-state index contributed by atoms with van der Waals surface area (Å²) in [5.74, 6) is -0.799. The number of fused-ring (bicyclic) bond motifs is 3. The van der Waals surface area contributed by atoms with Gasteiger partial charge in [0.25, 0.3) is 0 Å². The standard InChI is InChI=1S/C23H27N3O3.C4H4O4/c1-14(27)24-16-7-5-15(6-8-16)23-18-12-22(29-4)21(28-3)11-17(18)19-13-26(2)10-9-20(19)25-23;5-3(6)1-2-4(7)8/h5-8,11-12,19-20H,9-10,13H2,1-4H3,(H,24,27);1-2H,(H,5,6)(H,7,8)/b;2-1-/t19-,20-;/m0./s1. The summed E-state index contributed by atoms with van der Waals surface area (Å²) in [6.45, 7) is 3.53. The maximum atomic E-state index is 11.3. The number of carbonyl (C=O) groups is 3. The van der Waals surface area contributed by atoms with Crippen LogP contribution in [-0.2, 0) is 14.4 Å². The van der Waals surface area contributed by atoms with Crippen LogP contribution in [0.2, 0.25) is 0 Å². The lowest BCUT2D eigenvalue weighted by Crippen LogP contribution is -2.41. The lowest BCUT2D eigenvalue weighted by atomic mass is 9.79. The van der Waals surface area contributed by atoms with Gasteiger partial charge in [-0.1, -0.05) is 12.1 Å². The van der Waals surface area contributed by atoms with Gasteiger partial charge in [0.15, 0.2) is 11.5 Å². The fourth-order valence-corrected chi connectivity index (χ4v) is 4.49. The van der Waals surface area contributed by atoms with E-state index in [1.54, 1.807) is 14.2 Å². The van der Waals surface area contributed by atoms with E-state index in [0.717, 1.165) is 47.8 Å². The number of benzene rings is 2. The average Bonchev–Trinajstić information content (AvgIpc) is 2.86. The summed E-state index contributed by atoms with van der Waals surface area (Å²) in [5.41, 5.74) is 5.13. The SMILES string of the molecule is COc1cc2c(cc1OC)[C@@H]1CN(C)CC[C@@H]1N=C2c1ccc(NC(C)=O)cc1.O=C(O)/C=C\C(=O)O. The number of nitrogens with zero attached hydrogens (tertiary/aromatic N) is 2. The van der Waals surface area contributed by atoms with E-state index in [1.807, 2.05) is 30.3 Å². The molecule has 0 spiro atoms. The first-order chi connectivity index (χ1) is 17.6. The molecule has 2 aromatic rings. The maximum Gasteiger partial charge on any atom is 0.328 e. The molecule has 0 aromatic heterocycles. The highest BCUT2D eigenvalue weighted by atomic mass is 16.5. The van der Waals surface area contributed by atoms with Gasteiger partial charge in [0.1, 0.15) is 0 Å². The molecular weight excluding hydrogens is 478 g/mol. The van der Waals surface area contributed by atoms with Crippen molar-refractivity contribution in [3.63, 3.8) is 0 Å². The molecule has 0 unspecified atom stereocenters. The highest BCUT2D eigenvalue weighted by Crippen LogP contribution is 2.42. The van der Waals surface area contributed by atoms with Crippen LogP contribution in [0, 0.1) is 0 Å². The first kappa shape index (κ1) is 27.4. The number of carboxylic acids is 2. The van der Waals surface area contributed by atoms with Crippen molar-refractivity contribution in [2.45, 2.75) is 25.3 Å². The molecule has 10 heteroatoms. The molecule has 37 heavy (non-hydrogen) atoms. The van der Waals surface area contributed by atoms with Gasteiger partial charge < -0.3 is 29.9 Å². The molecule has 0 saturated carbocycles. The third kappa shape index (κ3) is 6.95. The van der Waals surface area contributed by atoms with E-state index < -0.39 is 11.9 Å². The Morgan fingerprint density at radius 3 is 2.16 bits per heavy atom. The van der Waals surface area contributed by atoms with Gasteiger partial charge in [0.05, 0.1) is 26.0 Å². The van der Waals surface area contributed by atoms with E-state index in [1.165, 1.54) is 12.5 Å². The Bertz CT molecular complexity index is 1210. The molecule has 2 aromatic carbocycles. The average molecular weight is 510 g/mol. The third-order valence-corrected chi connectivity index (χ3v) is 6.13. The van der Waals surface area contributed by atoms with Crippen LogP contribution in [0.15, 0.2) is 53.5 Å². The van der Waals surface area contributed by atoms with Crippen LogP contribution in [0.25, 0.3) is 0 Å². The third-order valence-electron chi connectivity index (χ3n) is 6.13. The van der Waals surface area contributed by atoms with Gasteiger partial charge in [0, 0.05) is 48.4 Å². The molecule has 0 bridgehead atoms. The van der Waals surface area contributed by atoms with E-state index in [4.69, 9.17) is 24.7 Å². The Hall–Kier alpha value is -4.18. The quantitative estimate of drug-likeness (QED) is 0.506.